The van der Waals surface area contributed by atoms with Gasteiger partial charge in [0.05, 0.1) is 13.5 Å². The molecule has 1 heterocycles. The van der Waals surface area contributed by atoms with Gasteiger partial charge in [-0.1, -0.05) is 12.1 Å². The zero-order valence-corrected chi connectivity index (χ0v) is 11.6. The molecule has 2 N–H and O–H groups in total. The minimum Gasteiger partial charge on any atom is -0.497 e. The molecule has 1 amide bonds. The Hall–Kier alpha value is -1.55. The van der Waals surface area contributed by atoms with Crippen LogP contribution in [0.15, 0.2) is 24.3 Å². The first-order chi connectivity index (χ1) is 9.13. The summed E-state index contributed by atoms with van der Waals surface area (Å²) in [7, 11) is 1.63. The van der Waals surface area contributed by atoms with Crippen molar-refractivity contribution >= 4 is 5.91 Å². The summed E-state index contributed by atoms with van der Waals surface area (Å²) in [4.78, 5) is 14.3. The first-order valence-electron chi connectivity index (χ1n) is 6.76. The lowest BCUT2D eigenvalue weighted by Gasteiger charge is -2.21. The Labute approximate surface area is 114 Å². The number of benzene rings is 1. The summed E-state index contributed by atoms with van der Waals surface area (Å²) in [5.41, 5.74) is 6.69. The summed E-state index contributed by atoms with van der Waals surface area (Å²) in [5, 5.41) is 0. The van der Waals surface area contributed by atoms with E-state index in [0.29, 0.717) is 24.9 Å². The number of carbonyl (C=O) groups is 1. The van der Waals surface area contributed by atoms with Crippen molar-refractivity contribution in [3.05, 3.63) is 29.8 Å². The molecule has 0 aliphatic carbocycles. The highest BCUT2D eigenvalue weighted by Crippen LogP contribution is 2.23. The summed E-state index contributed by atoms with van der Waals surface area (Å²) in [5.74, 6) is 1.42. The maximum atomic E-state index is 12.3. The molecule has 1 aliphatic rings. The lowest BCUT2D eigenvalue weighted by Crippen LogP contribution is -2.35. The van der Waals surface area contributed by atoms with Gasteiger partial charge < -0.3 is 15.4 Å². The number of methoxy groups -OCH3 is 1. The molecule has 0 saturated carbocycles. The van der Waals surface area contributed by atoms with Crippen molar-refractivity contribution in [2.24, 2.45) is 11.7 Å². The zero-order valence-electron chi connectivity index (χ0n) is 11.6. The maximum Gasteiger partial charge on any atom is 0.227 e. The van der Waals surface area contributed by atoms with Gasteiger partial charge in [-0.25, -0.2) is 0 Å². The van der Waals surface area contributed by atoms with E-state index in [1.165, 1.54) is 0 Å². The molecule has 4 nitrogen and oxygen atoms in total. The Morgan fingerprint density at radius 2 is 2.32 bits per heavy atom. The molecule has 0 aromatic heterocycles. The van der Waals surface area contributed by atoms with Crippen molar-refractivity contribution in [3.8, 4) is 5.75 Å². The van der Waals surface area contributed by atoms with Gasteiger partial charge in [-0.15, -0.1) is 0 Å². The van der Waals surface area contributed by atoms with Crippen LogP contribution in [0.4, 0.5) is 0 Å². The molecule has 2 unspecified atom stereocenters. The fourth-order valence-corrected chi connectivity index (χ4v) is 2.72. The molecule has 104 valence electrons. The van der Waals surface area contributed by atoms with E-state index in [9.17, 15) is 4.79 Å². The van der Waals surface area contributed by atoms with Crippen LogP contribution in [0, 0.1) is 5.92 Å². The van der Waals surface area contributed by atoms with E-state index >= 15 is 0 Å². The molecule has 1 fully saturated rings. The summed E-state index contributed by atoms with van der Waals surface area (Å²) in [6, 6.07) is 7.97. The molecular weight excluding hydrogens is 240 g/mol. The molecule has 0 radical (unpaired) electrons. The van der Waals surface area contributed by atoms with Gasteiger partial charge in [-0.2, -0.15) is 0 Å². The van der Waals surface area contributed by atoms with Gasteiger partial charge in [0.15, 0.2) is 0 Å². The number of carbonyl (C=O) groups excluding carboxylic acids is 1. The number of rotatable bonds is 4. The SMILES string of the molecule is COc1cccc(CC(=O)N2CC(CN)CC2C)c1. The van der Waals surface area contributed by atoms with Crippen molar-refractivity contribution in [2.45, 2.75) is 25.8 Å². The Balaban J connectivity index is 2.00. The maximum absolute atomic E-state index is 12.3. The van der Waals surface area contributed by atoms with Gasteiger partial charge in [0.25, 0.3) is 0 Å². The number of nitrogens with two attached hydrogens (primary N) is 1. The number of nitrogens with zero attached hydrogens (tertiary/aromatic N) is 1. The fourth-order valence-electron chi connectivity index (χ4n) is 2.72. The average molecular weight is 262 g/mol. The van der Waals surface area contributed by atoms with Crippen LogP contribution < -0.4 is 10.5 Å². The highest BCUT2D eigenvalue weighted by molar-refractivity contribution is 5.79. The summed E-state index contributed by atoms with van der Waals surface area (Å²) in [6.07, 6.45) is 1.44. The predicted molar refractivity (Wildman–Crippen MR) is 75.0 cm³/mol. The lowest BCUT2D eigenvalue weighted by atomic mass is 10.1. The van der Waals surface area contributed by atoms with Crippen LogP contribution in [-0.4, -0.2) is 37.0 Å². The van der Waals surface area contributed by atoms with Crippen molar-refractivity contribution in [2.75, 3.05) is 20.2 Å². The van der Waals surface area contributed by atoms with E-state index < -0.39 is 0 Å². The number of likely N-dealkylation sites (tertiary alicyclic amines) is 1. The third-order valence-corrected chi connectivity index (χ3v) is 3.80. The Morgan fingerprint density at radius 1 is 1.53 bits per heavy atom. The highest BCUT2D eigenvalue weighted by Gasteiger charge is 2.31. The van der Waals surface area contributed by atoms with Gasteiger partial charge in [-0.3, -0.25) is 4.79 Å². The molecule has 1 aromatic carbocycles. The molecule has 1 aliphatic heterocycles. The van der Waals surface area contributed by atoms with E-state index in [1.54, 1.807) is 7.11 Å². The van der Waals surface area contributed by atoms with Gasteiger partial charge in [0.2, 0.25) is 5.91 Å². The fraction of sp³-hybridized carbons (Fsp3) is 0.533. The van der Waals surface area contributed by atoms with Gasteiger partial charge in [-0.05, 0) is 43.5 Å². The van der Waals surface area contributed by atoms with Crippen molar-refractivity contribution in [3.63, 3.8) is 0 Å². The zero-order chi connectivity index (χ0) is 13.8. The Bertz CT molecular complexity index is 448. The summed E-state index contributed by atoms with van der Waals surface area (Å²) < 4.78 is 5.18. The smallest absolute Gasteiger partial charge is 0.227 e. The minimum absolute atomic E-state index is 0.178. The van der Waals surface area contributed by atoms with Crippen LogP contribution in [0.5, 0.6) is 5.75 Å². The largest absolute Gasteiger partial charge is 0.497 e. The number of hydrogen-bond acceptors (Lipinski definition) is 3. The van der Waals surface area contributed by atoms with E-state index in [2.05, 4.69) is 6.92 Å². The minimum atomic E-state index is 0.178. The first kappa shape index (κ1) is 13.9. The van der Waals surface area contributed by atoms with Crippen LogP contribution in [0.1, 0.15) is 18.9 Å². The van der Waals surface area contributed by atoms with Gasteiger partial charge in [0, 0.05) is 12.6 Å². The standard InChI is InChI=1S/C15H22N2O2/c1-11-6-13(9-16)10-17(11)15(18)8-12-4-3-5-14(7-12)19-2/h3-5,7,11,13H,6,8-10,16H2,1-2H3. The predicted octanol–water partition coefficient (Wildman–Crippen LogP) is 1.43. The van der Waals surface area contributed by atoms with Crippen molar-refractivity contribution in [1.82, 2.24) is 4.90 Å². The molecule has 19 heavy (non-hydrogen) atoms. The second-order valence-electron chi connectivity index (χ2n) is 5.26. The molecule has 4 heteroatoms. The lowest BCUT2D eigenvalue weighted by molar-refractivity contribution is -0.131. The third kappa shape index (κ3) is 3.26. The van der Waals surface area contributed by atoms with E-state index in [0.717, 1.165) is 24.3 Å². The van der Waals surface area contributed by atoms with Crippen LogP contribution >= 0.6 is 0 Å². The van der Waals surface area contributed by atoms with Crippen molar-refractivity contribution in [1.29, 1.82) is 0 Å². The van der Waals surface area contributed by atoms with Crippen LogP contribution in [0.25, 0.3) is 0 Å². The Morgan fingerprint density at radius 3 is 2.95 bits per heavy atom. The summed E-state index contributed by atoms with van der Waals surface area (Å²) >= 11 is 0. The highest BCUT2D eigenvalue weighted by atomic mass is 16.5. The Kier molecular flexibility index (Phi) is 4.43. The topological polar surface area (TPSA) is 55.6 Å². The van der Waals surface area contributed by atoms with Crippen molar-refractivity contribution < 1.29 is 9.53 Å². The number of amides is 1. The van der Waals surface area contributed by atoms with Gasteiger partial charge >= 0.3 is 0 Å². The van der Waals surface area contributed by atoms with E-state index in [-0.39, 0.29) is 5.91 Å². The molecule has 1 aromatic rings. The third-order valence-electron chi connectivity index (χ3n) is 3.80. The first-order valence-corrected chi connectivity index (χ1v) is 6.76. The van der Waals surface area contributed by atoms with Crippen LogP contribution in [0.2, 0.25) is 0 Å². The van der Waals surface area contributed by atoms with Gasteiger partial charge in [0.1, 0.15) is 5.75 Å². The summed E-state index contributed by atoms with van der Waals surface area (Å²) in [6.45, 7) is 3.55. The quantitative estimate of drug-likeness (QED) is 0.893. The molecule has 0 bridgehead atoms. The van der Waals surface area contributed by atoms with Crippen LogP contribution in [-0.2, 0) is 11.2 Å². The second-order valence-corrected chi connectivity index (χ2v) is 5.26. The molecule has 1 saturated heterocycles. The molecule has 2 atom stereocenters. The average Bonchev–Trinajstić information content (AvgIpc) is 2.80. The second kappa shape index (κ2) is 6.06. The molecule has 2 rings (SSSR count). The van der Waals surface area contributed by atoms with E-state index in [1.807, 2.05) is 29.2 Å². The normalized spacial score (nSPS) is 22.6. The number of ether oxygens (including phenoxy) is 1. The number of hydrogen-bond donors (Lipinski definition) is 1. The molecular formula is C15H22N2O2. The monoisotopic (exact) mass is 262 g/mol. The van der Waals surface area contributed by atoms with E-state index in [4.69, 9.17) is 10.5 Å². The van der Waals surface area contributed by atoms with Crippen LogP contribution in [0.3, 0.4) is 0 Å². The molecule has 0 spiro atoms.